The summed E-state index contributed by atoms with van der Waals surface area (Å²) in [5.74, 6) is -4.41. The summed E-state index contributed by atoms with van der Waals surface area (Å²) >= 11 is 0. The standard InChI is InChI=1S/C14H14O6/c1-2-19-13(17)11(15)8-12(16)14(18)20-9-10-6-4-3-5-7-10/h3-7H,2,8-9H2,1H3. The summed E-state index contributed by atoms with van der Waals surface area (Å²) in [6.07, 6.45) is -0.841. The minimum Gasteiger partial charge on any atom is -0.460 e. The number of ketones is 2. The van der Waals surface area contributed by atoms with Gasteiger partial charge < -0.3 is 9.47 Å². The highest BCUT2D eigenvalue weighted by Crippen LogP contribution is 2.02. The molecule has 0 saturated heterocycles. The van der Waals surface area contributed by atoms with E-state index in [1.807, 2.05) is 0 Å². The van der Waals surface area contributed by atoms with E-state index in [0.717, 1.165) is 0 Å². The summed E-state index contributed by atoms with van der Waals surface area (Å²) in [5, 5.41) is 0. The third-order valence-electron chi connectivity index (χ3n) is 2.26. The molecule has 1 rings (SSSR count). The molecule has 0 aliphatic rings. The van der Waals surface area contributed by atoms with E-state index in [0.29, 0.717) is 5.56 Å². The summed E-state index contributed by atoms with van der Waals surface area (Å²) in [5.41, 5.74) is 0.713. The number of Topliss-reactive ketones (excluding diaryl/α,β-unsaturated/α-hetero) is 2. The third-order valence-corrected chi connectivity index (χ3v) is 2.26. The lowest BCUT2D eigenvalue weighted by Gasteiger charge is -2.03. The van der Waals surface area contributed by atoms with Crippen molar-refractivity contribution >= 4 is 23.5 Å². The van der Waals surface area contributed by atoms with E-state index >= 15 is 0 Å². The zero-order chi connectivity index (χ0) is 15.0. The molecule has 0 heterocycles. The SMILES string of the molecule is CCOC(=O)C(=O)CC(=O)C(=O)OCc1ccccc1. The predicted octanol–water partition coefficient (Wildman–Crippen LogP) is 0.821. The smallest absolute Gasteiger partial charge is 0.375 e. The number of ether oxygens (including phenoxy) is 2. The first-order chi connectivity index (χ1) is 9.54. The Bertz CT molecular complexity index is 506. The molecule has 0 radical (unpaired) electrons. The number of hydrogen-bond donors (Lipinski definition) is 0. The molecule has 0 amide bonds. The van der Waals surface area contributed by atoms with Crippen molar-refractivity contribution in [2.45, 2.75) is 20.0 Å². The first-order valence-electron chi connectivity index (χ1n) is 5.98. The van der Waals surface area contributed by atoms with Crippen molar-refractivity contribution in [3.8, 4) is 0 Å². The Hall–Kier alpha value is -2.50. The maximum absolute atomic E-state index is 11.4. The number of hydrogen-bond acceptors (Lipinski definition) is 6. The topological polar surface area (TPSA) is 86.7 Å². The fourth-order valence-corrected chi connectivity index (χ4v) is 1.31. The zero-order valence-corrected chi connectivity index (χ0v) is 11.0. The maximum atomic E-state index is 11.4. The van der Waals surface area contributed by atoms with Crippen LogP contribution in [0.25, 0.3) is 0 Å². The van der Waals surface area contributed by atoms with Crippen LogP contribution in [0.4, 0.5) is 0 Å². The van der Waals surface area contributed by atoms with Crippen LogP contribution in [0.3, 0.4) is 0 Å². The largest absolute Gasteiger partial charge is 0.460 e. The molecule has 0 N–H and O–H groups in total. The van der Waals surface area contributed by atoms with Gasteiger partial charge in [-0.1, -0.05) is 30.3 Å². The van der Waals surface area contributed by atoms with Gasteiger partial charge >= 0.3 is 11.9 Å². The van der Waals surface area contributed by atoms with Gasteiger partial charge in [0.15, 0.2) is 0 Å². The van der Waals surface area contributed by atoms with Crippen LogP contribution in [0.2, 0.25) is 0 Å². The molecule has 0 fully saturated rings. The quantitative estimate of drug-likeness (QED) is 0.417. The molecule has 6 heteroatoms. The van der Waals surface area contributed by atoms with E-state index in [1.165, 1.54) is 6.92 Å². The van der Waals surface area contributed by atoms with Crippen LogP contribution < -0.4 is 0 Å². The lowest BCUT2D eigenvalue weighted by Crippen LogP contribution is -2.25. The van der Waals surface area contributed by atoms with Crippen LogP contribution in [0, 0.1) is 0 Å². The lowest BCUT2D eigenvalue weighted by atomic mass is 10.2. The number of benzene rings is 1. The molecule has 0 unspecified atom stereocenters. The van der Waals surface area contributed by atoms with Crippen LogP contribution in [-0.2, 0) is 35.3 Å². The number of rotatable bonds is 7. The zero-order valence-electron chi connectivity index (χ0n) is 11.0. The average molecular weight is 278 g/mol. The molecule has 106 valence electrons. The highest BCUT2D eigenvalue weighted by atomic mass is 16.5. The fourth-order valence-electron chi connectivity index (χ4n) is 1.31. The van der Waals surface area contributed by atoms with E-state index in [9.17, 15) is 19.2 Å². The molecule has 1 aromatic rings. The Morgan fingerprint density at radius 3 is 2.00 bits per heavy atom. The average Bonchev–Trinajstić information content (AvgIpc) is 2.45. The van der Waals surface area contributed by atoms with Gasteiger partial charge in [0.25, 0.3) is 0 Å². The van der Waals surface area contributed by atoms with Crippen LogP contribution in [0.1, 0.15) is 18.9 Å². The Labute approximate surface area is 115 Å². The molecule has 0 bridgehead atoms. The van der Waals surface area contributed by atoms with Crippen molar-refractivity contribution in [2.24, 2.45) is 0 Å². The van der Waals surface area contributed by atoms with Gasteiger partial charge in [0.1, 0.15) is 6.61 Å². The van der Waals surface area contributed by atoms with Gasteiger partial charge in [0.2, 0.25) is 11.6 Å². The van der Waals surface area contributed by atoms with E-state index < -0.39 is 29.9 Å². The molecule has 0 aromatic heterocycles. The van der Waals surface area contributed by atoms with Gasteiger partial charge in [-0.15, -0.1) is 0 Å². The number of carbonyl (C=O) groups is 4. The predicted molar refractivity (Wildman–Crippen MR) is 67.5 cm³/mol. The summed E-state index contributed by atoms with van der Waals surface area (Å²) in [4.78, 5) is 45.0. The van der Waals surface area contributed by atoms with Crippen LogP contribution in [-0.4, -0.2) is 30.1 Å². The van der Waals surface area contributed by atoms with Crippen molar-refractivity contribution in [3.63, 3.8) is 0 Å². The van der Waals surface area contributed by atoms with Gasteiger partial charge in [0.05, 0.1) is 13.0 Å². The van der Waals surface area contributed by atoms with E-state index in [1.54, 1.807) is 30.3 Å². The van der Waals surface area contributed by atoms with Crippen LogP contribution in [0.5, 0.6) is 0 Å². The minimum absolute atomic E-state index is 0.0250. The molecule has 0 aliphatic carbocycles. The van der Waals surface area contributed by atoms with Crippen molar-refractivity contribution in [2.75, 3.05) is 6.61 Å². The van der Waals surface area contributed by atoms with E-state index in [-0.39, 0.29) is 13.2 Å². The maximum Gasteiger partial charge on any atom is 0.375 e. The van der Waals surface area contributed by atoms with Crippen LogP contribution >= 0.6 is 0 Å². The highest BCUT2D eigenvalue weighted by molar-refractivity contribution is 6.45. The minimum atomic E-state index is -1.15. The molecule has 0 spiro atoms. The van der Waals surface area contributed by atoms with Gasteiger partial charge in [-0.05, 0) is 12.5 Å². The fraction of sp³-hybridized carbons (Fsp3) is 0.286. The summed E-state index contributed by atoms with van der Waals surface area (Å²) < 4.78 is 9.16. The van der Waals surface area contributed by atoms with Crippen molar-refractivity contribution in [1.82, 2.24) is 0 Å². The van der Waals surface area contributed by atoms with Gasteiger partial charge in [-0.2, -0.15) is 0 Å². The first-order valence-corrected chi connectivity index (χ1v) is 5.98. The Morgan fingerprint density at radius 1 is 0.900 bits per heavy atom. The van der Waals surface area contributed by atoms with Crippen LogP contribution in [0.15, 0.2) is 30.3 Å². The highest BCUT2D eigenvalue weighted by Gasteiger charge is 2.24. The number of carbonyl (C=O) groups excluding carboxylic acids is 4. The molecular formula is C14H14O6. The van der Waals surface area contributed by atoms with Crippen molar-refractivity contribution in [1.29, 1.82) is 0 Å². The summed E-state index contributed by atoms with van der Waals surface area (Å²) in [6, 6.07) is 8.77. The van der Waals surface area contributed by atoms with Gasteiger partial charge in [-0.3, -0.25) is 9.59 Å². The second-order valence-electron chi connectivity index (χ2n) is 3.81. The lowest BCUT2D eigenvalue weighted by molar-refractivity contribution is -0.158. The number of esters is 2. The second-order valence-corrected chi connectivity index (χ2v) is 3.81. The summed E-state index contributed by atoms with van der Waals surface area (Å²) in [6.45, 7) is 1.48. The molecule has 6 nitrogen and oxygen atoms in total. The van der Waals surface area contributed by atoms with E-state index in [2.05, 4.69) is 4.74 Å². The monoisotopic (exact) mass is 278 g/mol. The Kier molecular flexibility index (Phi) is 6.09. The third kappa shape index (κ3) is 5.01. The summed E-state index contributed by atoms with van der Waals surface area (Å²) in [7, 11) is 0. The molecule has 0 atom stereocenters. The van der Waals surface area contributed by atoms with E-state index in [4.69, 9.17) is 4.74 Å². The molecule has 0 saturated carbocycles. The second kappa shape index (κ2) is 7.83. The molecule has 1 aromatic carbocycles. The van der Waals surface area contributed by atoms with Gasteiger partial charge in [0, 0.05) is 0 Å². The Morgan fingerprint density at radius 2 is 1.45 bits per heavy atom. The van der Waals surface area contributed by atoms with Crippen molar-refractivity contribution in [3.05, 3.63) is 35.9 Å². The molecule has 20 heavy (non-hydrogen) atoms. The van der Waals surface area contributed by atoms with Gasteiger partial charge in [-0.25, -0.2) is 9.59 Å². The Balaban J connectivity index is 2.42. The normalized spacial score (nSPS) is 9.65. The first kappa shape index (κ1) is 15.6. The van der Waals surface area contributed by atoms with Crippen molar-refractivity contribution < 1.29 is 28.7 Å². The molecular weight excluding hydrogens is 264 g/mol. The molecule has 0 aliphatic heterocycles.